The summed E-state index contributed by atoms with van der Waals surface area (Å²) in [6.07, 6.45) is 1.73. The number of ether oxygens (including phenoxy) is 2. The van der Waals surface area contributed by atoms with E-state index in [4.69, 9.17) is 9.47 Å². The number of aryl methyl sites for hydroxylation is 1. The zero-order chi connectivity index (χ0) is 18.2. The summed E-state index contributed by atoms with van der Waals surface area (Å²) in [4.78, 5) is 16.3. The first kappa shape index (κ1) is 17.5. The number of rotatable bonds is 7. The van der Waals surface area contributed by atoms with Crippen molar-refractivity contribution in [2.45, 2.75) is 13.5 Å². The highest BCUT2D eigenvalue weighted by Crippen LogP contribution is 2.18. The van der Waals surface area contributed by atoms with Crippen molar-refractivity contribution in [3.8, 4) is 11.5 Å². The van der Waals surface area contributed by atoms with Crippen LogP contribution >= 0.6 is 0 Å². The van der Waals surface area contributed by atoms with Gasteiger partial charge in [0.05, 0.1) is 5.69 Å². The van der Waals surface area contributed by atoms with Crippen molar-refractivity contribution in [3.63, 3.8) is 0 Å². The molecule has 5 nitrogen and oxygen atoms in total. The molecule has 132 valence electrons. The Labute approximate surface area is 152 Å². The van der Waals surface area contributed by atoms with Crippen LogP contribution in [0.5, 0.6) is 11.5 Å². The van der Waals surface area contributed by atoms with Crippen LogP contribution in [0.25, 0.3) is 0 Å². The maximum absolute atomic E-state index is 12.1. The van der Waals surface area contributed by atoms with Gasteiger partial charge in [-0.2, -0.15) is 0 Å². The second-order valence-electron chi connectivity index (χ2n) is 5.79. The second kappa shape index (κ2) is 8.67. The first-order valence-electron chi connectivity index (χ1n) is 8.31. The molecule has 1 amide bonds. The van der Waals surface area contributed by atoms with E-state index in [-0.39, 0.29) is 12.5 Å². The Morgan fingerprint density at radius 1 is 0.962 bits per heavy atom. The SMILES string of the molecule is Cc1ccc(OCC(=O)Nc2cccc(OCc3ccccn3)c2)cc1. The van der Waals surface area contributed by atoms with Crippen LogP contribution in [0.4, 0.5) is 5.69 Å². The van der Waals surface area contributed by atoms with E-state index >= 15 is 0 Å². The lowest BCUT2D eigenvalue weighted by Crippen LogP contribution is -2.20. The van der Waals surface area contributed by atoms with Crippen molar-refractivity contribution in [1.82, 2.24) is 4.98 Å². The summed E-state index contributed by atoms with van der Waals surface area (Å²) >= 11 is 0. The molecule has 1 N–H and O–H groups in total. The molecule has 1 aromatic heterocycles. The van der Waals surface area contributed by atoms with Crippen LogP contribution in [0.2, 0.25) is 0 Å². The number of hydrogen-bond acceptors (Lipinski definition) is 4. The van der Waals surface area contributed by atoms with Gasteiger partial charge >= 0.3 is 0 Å². The number of carbonyl (C=O) groups excluding carboxylic acids is 1. The average molecular weight is 348 g/mol. The maximum atomic E-state index is 12.1. The van der Waals surface area contributed by atoms with Crippen LogP contribution in [0.3, 0.4) is 0 Å². The quantitative estimate of drug-likeness (QED) is 0.701. The minimum absolute atomic E-state index is 0.0535. The van der Waals surface area contributed by atoms with Crippen molar-refractivity contribution in [2.75, 3.05) is 11.9 Å². The number of hydrogen-bond donors (Lipinski definition) is 1. The van der Waals surface area contributed by atoms with Gasteiger partial charge in [0.15, 0.2) is 6.61 Å². The van der Waals surface area contributed by atoms with Gasteiger partial charge in [0.2, 0.25) is 0 Å². The Balaban J connectivity index is 1.51. The molecule has 0 atom stereocenters. The summed E-state index contributed by atoms with van der Waals surface area (Å²) in [5.74, 6) is 1.10. The van der Waals surface area contributed by atoms with Gasteiger partial charge in [-0.15, -0.1) is 0 Å². The minimum atomic E-state index is -0.229. The number of nitrogens with zero attached hydrogens (tertiary/aromatic N) is 1. The fraction of sp³-hybridized carbons (Fsp3) is 0.143. The molecule has 0 unspecified atom stereocenters. The van der Waals surface area contributed by atoms with Crippen molar-refractivity contribution in [3.05, 3.63) is 84.2 Å². The van der Waals surface area contributed by atoms with Gasteiger partial charge in [0.1, 0.15) is 18.1 Å². The minimum Gasteiger partial charge on any atom is -0.487 e. The number of amides is 1. The molecule has 0 aliphatic rings. The summed E-state index contributed by atoms with van der Waals surface area (Å²) in [6, 6.07) is 20.5. The maximum Gasteiger partial charge on any atom is 0.262 e. The highest BCUT2D eigenvalue weighted by Gasteiger charge is 2.05. The number of anilines is 1. The third-order valence-electron chi connectivity index (χ3n) is 3.62. The van der Waals surface area contributed by atoms with E-state index in [2.05, 4.69) is 10.3 Å². The van der Waals surface area contributed by atoms with Gasteiger partial charge in [-0.3, -0.25) is 9.78 Å². The van der Waals surface area contributed by atoms with Gasteiger partial charge in [-0.25, -0.2) is 0 Å². The van der Waals surface area contributed by atoms with Crippen molar-refractivity contribution >= 4 is 11.6 Å². The van der Waals surface area contributed by atoms with Gasteiger partial charge < -0.3 is 14.8 Å². The lowest BCUT2D eigenvalue weighted by atomic mass is 10.2. The fourth-order valence-corrected chi connectivity index (χ4v) is 2.28. The number of pyridine rings is 1. The fourth-order valence-electron chi connectivity index (χ4n) is 2.28. The van der Waals surface area contributed by atoms with Gasteiger partial charge in [0.25, 0.3) is 5.91 Å². The molecule has 5 heteroatoms. The molecule has 0 fully saturated rings. The molecular formula is C21H20N2O3. The molecular weight excluding hydrogens is 328 g/mol. The van der Waals surface area contributed by atoms with Crippen molar-refractivity contribution in [1.29, 1.82) is 0 Å². The van der Waals surface area contributed by atoms with Crippen LogP contribution in [-0.2, 0) is 11.4 Å². The second-order valence-corrected chi connectivity index (χ2v) is 5.79. The predicted octanol–water partition coefficient (Wildman–Crippen LogP) is 3.99. The third-order valence-corrected chi connectivity index (χ3v) is 3.62. The number of carbonyl (C=O) groups is 1. The lowest BCUT2D eigenvalue weighted by molar-refractivity contribution is -0.118. The van der Waals surface area contributed by atoms with Crippen LogP contribution in [-0.4, -0.2) is 17.5 Å². The van der Waals surface area contributed by atoms with Crippen LogP contribution in [0, 0.1) is 6.92 Å². The zero-order valence-corrected chi connectivity index (χ0v) is 14.5. The molecule has 26 heavy (non-hydrogen) atoms. The summed E-state index contributed by atoms with van der Waals surface area (Å²) in [7, 11) is 0. The van der Waals surface area contributed by atoms with Crippen molar-refractivity contribution in [2.24, 2.45) is 0 Å². The molecule has 0 saturated carbocycles. The summed E-state index contributed by atoms with van der Waals surface area (Å²) in [5.41, 5.74) is 2.64. The average Bonchev–Trinajstić information content (AvgIpc) is 2.67. The van der Waals surface area contributed by atoms with E-state index in [1.807, 2.05) is 61.5 Å². The first-order valence-corrected chi connectivity index (χ1v) is 8.31. The van der Waals surface area contributed by atoms with E-state index in [0.29, 0.717) is 23.8 Å². The van der Waals surface area contributed by atoms with E-state index in [1.165, 1.54) is 0 Å². The Bertz CT molecular complexity index is 849. The lowest BCUT2D eigenvalue weighted by Gasteiger charge is -2.10. The Morgan fingerprint density at radius 2 is 1.81 bits per heavy atom. The molecule has 0 aliphatic carbocycles. The molecule has 0 saturated heterocycles. The van der Waals surface area contributed by atoms with Gasteiger partial charge in [-0.1, -0.05) is 29.8 Å². The first-order chi connectivity index (χ1) is 12.7. The van der Waals surface area contributed by atoms with E-state index in [0.717, 1.165) is 11.3 Å². The zero-order valence-electron chi connectivity index (χ0n) is 14.5. The largest absolute Gasteiger partial charge is 0.487 e. The molecule has 1 heterocycles. The van der Waals surface area contributed by atoms with Crippen molar-refractivity contribution < 1.29 is 14.3 Å². The Hall–Kier alpha value is -3.34. The number of benzene rings is 2. The molecule has 0 spiro atoms. The normalized spacial score (nSPS) is 10.2. The molecule has 2 aromatic carbocycles. The Morgan fingerprint density at radius 3 is 2.58 bits per heavy atom. The molecule has 0 bridgehead atoms. The molecule has 0 aliphatic heterocycles. The predicted molar refractivity (Wildman–Crippen MR) is 100 cm³/mol. The molecule has 0 radical (unpaired) electrons. The standard InChI is InChI=1S/C21H20N2O3/c1-16-8-10-19(11-9-16)26-15-21(24)23-17-6-4-7-20(13-17)25-14-18-5-2-3-12-22-18/h2-13H,14-15H2,1H3,(H,23,24). The van der Waals surface area contributed by atoms with Crippen LogP contribution in [0.1, 0.15) is 11.3 Å². The Kier molecular flexibility index (Phi) is 5.83. The number of aromatic nitrogens is 1. The van der Waals surface area contributed by atoms with Gasteiger partial charge in [-0.05, 0) is 43.3 Å². The molecule has 3 rings (SSSR count). The molecule has 3 aromatic rings. The highest BCUT2D eigenvalue weighted by molar-refractivity contribution is 5.92. The highest BCUT2D eigenvalue weighted by atomic mass is 16.5. The summed E-state index contributed by atoms with van der Waals surface area (Å²) in [5, 5.41) is 2.80. The van der Waals surface area contributed by atoms with E-state index in [1.54, 1.807) is 18.3 Å². The topological polar surface area (TPSA) is 60.5 Å². The van der Waals surface area contributed by atoms with E-state index < -0.39 is 0 Å². The van der Waals surface area contributed by atoms with Gasteiger partial charge in [0, 0.05) is 18.0 Å². The summed E-state index contributed by atoms with van der Waals surface area (Å²) in [6.45, 7) is 2.32. The summed E-state index contributed by atoms with van der Waals surface area (Å²) < 4.78 is 11.2. The third kappa shape index (κ3) is 5.34. The smallest absolute Gasteiger partial charge is 0.262 e. The van der Waals surface area contributed by atoms with Crippen LogP contribution < -0.4 is 14.8 Å². The number of nitrogens with one attached hydrogen (secondary N) is 1. The monoisotopic (exact) mass is 348 g/mol. The van der Waals surface area contributed by atoms with Crippen LogP contribution in [0.15, 0.2) is 72.9 Å². The van der Waals surface area contributed by atoms with E-state index in [9.17, 15) is 4.79 Å².